The average Bonchev–Trinajstić information content (AvgIpc) is 3.36. The third-order valence-electron chi connectivity index (χ3n) is 7.60. The normalized spacial score (nSPS) is 19.5. The lowest BCUT2D eigenvalue weighted by Gasteiger charge is -2.30. The van der Waals surface area contributed by atoms with E-state index in [0.717, 1.165) is 62.1 Å². The second-order valence-corrected chi connectivity index (χ2v) is 10.2. The van der Waals surface area contributed by atoms with Crippen molar-refractivity contribution in [1.82, 2.24) is 15.0 Å². The van der Waals surface area contributed by atoms with E-state index in [1.807, 2.05) is 29.2 Å². The maximum absolute atomic E-state index is 12.6. The number of esters is 1. The van der Waals surface area contributed by atoms with E-state index in [1.165, 1.54) is 5.56 Å². The number of amides is 1. The highest BCUT2D eigenvalue weighted by Gasteiger charge is 2.29. The average molecular weight is 533 g/mol. The lowest BCUT2D eigenvalue weighted by atomic mass is 9.82. The van der Waals surface area contributed by atoms with Crippen LogP contribution in [0.2, 0.25) is 0 Å². The molecule has 9 nitrogen and oxygen atoms in total. The summed E-state index contributed by atoms with van der Waals surface area (Å²) >= 11 is 0. The molecule has 2 fully saturated rings. The fraction of sp³-hybridized carbons (Fsp3) is 0.467. The molecule has 206 valence electrons. The molecule has 0 radical (unpaired) electrons. The molecule has 0 N–H and O–H groups in total. The Labute approximate surface area is 229 Å². The molecule has 5 rings (SSSR count). The standard InChI is InChI=1S/C30H36N4O5/c1-3-38-30(36)28-29(34(32-31-28)20-21-7-15-25(37-2)16-8-21)39-26-17-11-23(12-18-26)22-9-13-24(14-10-22)33-19-5-4-6-27(33)35/h7-10,13-16,23,26H,3-6,11-12,17-20H2,1-2H3/t23-,26+. The van der Waals surface area contributed by atoms with Gasteiger partial charge < -0.3 is 19.1 Å². The second-order valence-electron chi connectivity index (χ2n) is 10.2. The van der Waals surface area contributed by atoms with Gasteiger partial charge in [0.25, 0.3) is 0 Å². The van der Waals surface area contributed by atoms with Crippen LogP contribution in [0, 0.1) is 0 Å². The number of aromatic nitrogens is 3. The zero-order valence-corrected chi connectivity index (χ0v) is 22.7. The molecule has 1 aromatic heterocycles. The lowest BCUT2D eigenvalue weighted by molar-refractivity contribution is -0.119. The fourth-order valence-electron chi connectivity index (χ4n) is 5.43. The molecule has 0 unspecified atom stereocenters. The monoisotopic (exact) mass is 532 g/mol. The van der Waals surface area contributed by atoms with Crippen LogP contribution in [-0.2, 0) is 16.1 Å². The number of piperidine rings is 1. The van der Waals surface area contributed by atoms with Crippen molar-refractivity contribution < 1.29 is 23.8 Å². The van der Waals surface area contributed by atoms with E-state index < -0.39 is 5.97 Å². The summed E-state index contributed by atoms with van der Waals surface area (Å²) in [5, 5.41) is 8.32. The topological polar surface area (TPSA) is 95.8 Å². The van der Waals surface area contributed by atoms with Crippen LogP contribution in [0.4, 0.5) is 5.69 Å². The third-order valence-corrected chi connectivity index (χ3v) is 7.60. The summed E-state index contributed by atoms with van der Waals surface area (Å²) in [5.74, 6) is 1.24. The first-order valence-electron chi connectivity index (χ1n) is 13.9. The highest BCUT2D eigenvalue weighted by molar-refractivity contribution is 5.94. The molecule has 1 saturated heterocycles. The molecule has 1 saturated carbocycles. The van der Waals surface area contributed by atoms with Gasteiger partial charge in [-0.15, -0.1) is 5.10 Å². The van der Waals surface area contributed by atoms with Gasteiger partial charge in [0.15, 0.2) is 0 Å². The molecular formula is C30H36N4O5. The van der Waals surface area contributed by atoms with Crippen molar-refractivity contribution >= 4 is 17.6 Å². The maximum Gasteiger partial charge on any atom is 0.364 e. The maximum atomic E-state index is 12.6. The Hall–Kier alpha value is -3.88. The van der Waals surface area contributed by atoms with Crippen molar-refractivity contribution in [3.8, 4) is 11.6 Å². The molecule has 39 heavy (non-hydrogen) atoms. The Balaban J connectivity index is 1.24. The van der Waals surface area contributed by atoms with Crippen LogP contribution < -0.4 is 14.4 Å². The van der Waals surface area contributed by atoms with E-state index in [1.54, 1.807) is 18.7 Å². The van der Waals surface area contributed by atoms with E-state index in [2.05, 4.69) is 34.6 Å². The van der Waals surface area contributed by atoms with E-state index in [-0.39, 0.29) is 24.3 Å². The minimum atomic E-state index is -0.533. The second kappa shape index (κ2) is 12.3. The number of rotatable bonds is 9. The van der Waals surface area contributed by atoms with Gasteiger partial charge in [-0.1, -0.05) is 29.5 Å². The molecule has 9 heteroatoms. The molecule has 0 atom stereocenters. The quantitative estimate of drug-likeness (QED) is 0.352. The number of carbonyl (C=O) groups excluding carboxylic acids is 2. The van der Waals surface area contributed by atoms with E-state index in [9.17, 15) is 9.59 Å². The van der Waals surface area contributed by atoms with Crippen molar-refractivity contribution in [2.75, 3.05) is 25.2 Å². The van der Waals surface area contributed by atoms with Crippen molar-refractivity contribution in [1.29, 1.82) is 0 Å². The number of hydrogen-bond donors (Lipinski definition) is 0. The summed E-state index contributed by atoms with van der Waals surface area (Å²) in [6.07, 6.45) is 6.29. The predicted octanol–water partition coefficient (Wildman–Crippen LogP) is 5.13. The first-order chi connectivity index (χ1) is 19.1. The third kappa shape index (κ3) is 6.24. The molecule has 3 aromatic rings. The molecule has 0 spiro atoms. The number of benzene rings is 2. The van der Waals surface area contributed by atoms with Crippen LogP contribution in [0.15, 0.2) is 48.5 Å². The minimum absolute atomic E-state index is 0.0483. The Kier molecular flexibility index (Phi) is 8.44. The Bertz CT molecular complexity index is 1260. The van der Waals surface area contributed by atoms with Crippen LogP contribution >= 0.6 is 0 Å². The van der Waals surface area contributed by atoms with Crippen LogP contribution in [0.25, 0.3) is 0 Å². The number of ether oxygens (including phenoxy) is 3. The van der Waals surface area contributed by atoms with Gasteiger partial charge in [-0.05, 0) is 86.8 Å². The van der Waals surface area contributed by atoms with E-state index in [0.29, 0.717) is 24.8 Å². The molecule has 2 aromatic carbocycles. The minimum Gasteiger partial charge on any atom is -0.497 e. The number of anilines is 1. The Morgan fingerprint density at radius 2 is 1.74 bits per heavy atom. The van der Waals surface area contributed by atoms with Gasteiger partial charge in [0, 0.05) is 18.7 Å². The van der Waals surface area contributed by atoms with Gasteiger partial charge in [-0.3, -0.25) is 4.79 Å². The molecule has 2 aliphatic rings. The van der Waals surface area contributed by atoms with Gasteiger partial charge in [0.05, 0.1) is 20.3 Å². The zero-order chi connectivity index (χ0) is 27.2. The molecule has 1 amide bonds. The zero-order valence-electron chi connectivity index (χ0n) is 22.7. The largest absolute Gasteiger partial charge is 0.497 e. The smallest absolute Gasteiger partial charge is 0.364 e. The number of methoxy groups -OCH3 is 1. The fourth-order valence-corrected chi connectivity index (χ4v) is 5.43. The van der Waals surface area contributed by atoms with Gasteiger partial charge in [-0.25, -0.2) is 9.48 Å². The number of carbonyl (C=O) groups is 2. The highest BCUT2D eigenvalue weighted by Crippen LogP contribution is 2.36. The summed E-state index contributed by atoms with van der Waals surface area (Å²) in [6, 6.07) is 16.2. The van der Waals surface area contributed by atoms with Crippen LogP contribution in [0.3, 0.4) is 0 Å². The SMILES string of the molecule is CCOC(=O)c1nnn(Cc2ccc(OC)cc2)c1O[C@H]1CC[C@@H](c2ccc(N3CCCCC3=O)cc2)CC1. The van der Waals surface area contributed by atoms with Gasteiger partial charge in [0.1, 0.15) is 11.9 Å². The van der Waals surface area contributed by atoms with Gasteiger partial charge in [-0.2, -0.15) is 0 Å². The summed E-state index contributed by atoms with van der Waals surface area (Å²) in [5.41, 5.74) is 3.37. The van der Waals surface area contributed by atoms with Crippen molar-refractivity contribution in [2.45, 2.75) is 70.4 Å². The Morgan fingerprint density at radius 3 is 2.41 bits per heavy atom. The van der Waals surface area contributed by atoms with E-state index in [4.69, 9.17) is 14.2 Å². The van der Waals surface area contributed by atoms with Gasteiger partial charge >= 0.3 is 5.97 Å². The summed E-state index contributed by atoms with van der Waals surface area (Å²) < 4.78 is 18.5. The van der Waals surface area contributed by atoms with Gasteiger partial charge in [0.2, 0.25) is 17.5 Å². The number of hydrogen-bond acceptors (Lipinski definition) is 7. The molecular weight excluding hydrogens is 496 g/mol. The van der Waals surface area contributed by atoms with Crippen molar-refractivity contribution in [3.05, 3.63) is 65.4 Å². The molecule has 1 aliphatic carbocycles. The first kappa shape index (κ1) is 26.7. The lowest BCUT2D eigenvalue weighted by Crippen LogP contribution is -2.35. The summed E-state index contributed by atoms with van der Waals surface area (Å²) in [7, 11) is 1.63. The van der Waals surface area contributed by atoms with E-state index >= 15 is 0 Å². The number of nitrogens with zero attached hydrogens (tertiary/aromatic N) is 4. The molecule has 2 heterocycles. The van der Waals surface area contributed by atoms with Crippen LogP contribution in [-0.4, -0.2) is 53.2 Å². The summed E-state index contributed by atoms with van der Waals surface area (Å²) in [6.45, 7) is 3.23. The first-order valence-corrected chi connectivity index (χ1v) is 13.9. The van der Waals surface area contributed by atoms with Crippen LogP contribution in [0.5, 0.6) is 11.6 Å². The van der Waals surface area contributed by atoms with Crippen molar-refractivity contribution in [3.63, 3.8) is 0 Å². The molecule has 0 bridgehead atoms. The van der Waals surface area contributed by atoms with Crippen molar-refractivity contribution in [2.24, 2.45) is 0 Å². The predicted molar refractivity (Wildman–Crippen MR) is 146 cm³/mol. The summed E-state index contributed by atoms with van der Waals surface area (Å²) in [4.78, 5) is 26.8. The highest BCUT2D eigenvalue weighted by atomic mass is 16.5. The molecule has 1 aliphatic heterocycles. The Morgan fingerprint density at radius 1 is 1.00 bits per heavy atom. The van der Waals surface area contributed by atoms with Crippen LogP contribution in [0.1, 0.15) is 79.4 Å².